The Kier molecular flexibility index (Phi) is 8.78. The van der Waals surface area contributed by atoms with Gasteiger partial charge < -0.3 is 19.2 Å². The van der Waals surface area contributed by atoms with Crippen LogP contribution in [0.5, 0.6) is 0 Å². The molecule has 11 aromatic rings. The standard InChI is InChI=1S/C57H39N5O/c1-5-16-38(17-6-1)39-28-30-43(31-29-39)61(44-32-34-51-48(36-44)46-24-13-14-26-50(46)62(51)42-22-11-4-12-23-42)45-33-35-52-49(37-45)54-47(25-15-27-53(54)63-52)57-59-55(40-18-7-2-8-19-40)58-56(60-57)41-20-9-3-10-21-41/h1-37,55H,(H,58,59,60). The van der Waals surface area contributed by atoms with Crippen LogP contribution in [0.25, 0.3) is 60.6 Å². The number of aliphatic imine (C=N–C) groups is 2. The number of hydrogen-bond acceptors (Lipinski definition) is 5. The Hall–Kier alpha value is -8.48. The number of hydrogen-bond donors (Lipinski definition) is 1. The lowest BCUT2D eigenvalue weighted by molar-refractivity contribution is 0.667. The van der Waals surface area contributed by atoms with Crippen LogP contribution in [-0.2, 0) is 0 Å². The molecule has 0 spiro atoms. The Labute approximate surface area is 364 Å². The number of furan rings is 1. The van der Waals surface area contributed by atoms with Gasteiger partial charge in [0.05, 0.1) is 11.0 Å². The third-order valence-electron chi connectivity index (χ3n) is 12.0. The largest absolute Gasteiger partial charge is 0.456 e. The maximum Gasteiger partial charge on any atom is 0.159 e. The summed E-state index contributed by atoms with van der Waals surface area (Å²) in [6.45, 7) is 0. The lowest BCUT2D eigenvalue weighted by Gasteiger charge is -2.26. The van der Waals surface area contributed by atoms with Crippen LogP contribution in [0.15, 0.2) is 239 Å². The minimum atomic E-state index is -0.324. The Morgan fingerprint density at radius 2 is 1.06 bits per heavy atom. The highest BCUT2D eigenvalue weighted by molar-refractivity contribution is 6.22. The molecule has 2 aromatic heterocycles. The molecule has 63 heavy (non-hydrogen) atoms. The van der Waals surface area contributed by atoms with E-state index in [9.17, 15) is 0 Å². The van der Waals surface area contributed by atoms with Crippen LogP contribution in [0, 0.1) is 0 Å². The van der Waals surface area contributed by atoms with Crippen molar-refractivity contribution in [2.24, 2.45) is 9.98 Å². The summed E-state index contributed by atoms with van der Waals surface area (Å²) >= 11 is 0. The topological polar surface area (TPSA) is 58.1 Å². The van der Waals surface area contributed by atoms with E-state index in [1.165, 1.54) is 21.9 Å². The monoisotopic (exact) mass is 809 g/mol. The van der Waals surface area contributed by atoms with Crippen LogP contribution in [0.1, 0.15) is 22.9 Å². The summed E-state index contributed by atoms with van der Waals surface area (Å²) in [5.74, 6) is 1.42. The van der Waals surface area contributed by atoms with Gasteiger partial charge in [-0.15, -0.1) is 0 Å². The van der Waals surface area contributed by atoms with Gasteiger partial charge in [0.1, 0.15) is 23.2 Å². The van der Waals surface area contributed by atoms with Gasteiger partial charge in [0.15, 0.2) is 5.84 Å². The van der Waals surface area contributed by atoms with Gasteiger partial charge in [-0.2, -0.15) is 0 Å². The molecule has 1 aliphatic heterocycles. The molecule has 0 saturated carbocycles. The van der Waals surface area contributed by atoms with Crippen LogP contribution in [-0.4, -0.2) is 16.2 Å². The van der Waals surface area contributed by atoms with Crippen LogP contribution in [0.2, 0.25) is 0 Å². The summed E-state index contributed by atoms with van der Waals surface area (Å²) in [6.07, 6.45) is -0.324. The second-order valence-electron chi connectivity index (χ2n) is 15.8. The zero-order valence-corrected chi connectivity index (χ0v) is 34.1. The number of rotatable bonds is 8. The van der Waals surface area contributed by atoms with Gasteiger partial charge in [-0.1, -0.05) is 152 Å². The van der Waals surface area contributed by atoms with Gasteiger partial charge in [0.25, 0.3) is 0 Å². The number of amidine groups is 2. The smallest absolute Gasteiger partial charge is 0.159 e. The first-order chi connectivity index (χ1) is 31.2. The highest BCUT2D eigenvalue weighted by Gasteiger charge is 2.25. The van der Waals surface area contributed by atoms with E-state index < -0.39 is 0 Å². The van der Waals surface area contributed by atoms with E-state index in [0.717, 1.165) is 78.3 Å². The molecule has 0 aliphatic carbocycles. The number of fused-ring (bicyclic) bond motifs is 6. The third-order valence-corrected chi connectivity index (χ3v) is 12.0. The molecule has 6 heteroatoms. The molecular formula is C57H39N5O. The van der Waals surface area contributed by atoms with Crippen molar-refractivity contribution in [3.05, 3.63) is 241 Å². The molecule has 1 N–H and O–H groups in total. The fourth-order valence-corrected chi connectivity index (χ4v) is 9.10. The number of para-hydroxylation sites is 2. The van der Waals surface area contributed by atoms with Crippen molar-refractivity contribution >= 4 is 72.5 Å². The average Bonchev–Trinajstić information content (AvgIpc) is 3.91. The van der Waals surface area contributed by atoms with Gasteiger partial charge in [-0.3, -0.25) is 0 Å². The summed E-state index contributed by atoms with van der Waals surface area (Å²) in [5.41, 5.74) is 13.4. The number of benzene rings is 9. The van der Waals surface area contributed by atoms with E-state index in [4.69, 9.17) is 14.4 Å². The molecule has 298 valence electrons. The SMILES string of the molecule is c1ccc(C2=NC(c3ccccc3)NC(c3cccc4oc5ccc(N(c6ccc(-c7ccccc7)cc6)c6ccc7c(c6)c6ccccc6n7-c6ccccc6)cc5c34)=N2)cc1. The minimum Gasteiger partial charge on any atom is -0.456 e. The number of nitrogens with one attached hydrogen (secondary N) is 1. The molecule has 1 aliphatic rings. The highest BCUT2D eigenvalue weighted by Crippen LogP contribution is 2.43. The van der Waals surface area contributed by atoms with Crippen LogP contribution >= 0.6 is 0 Å². The molecule has 9 aromatic carbocycles. The summed E-state index contributed by atoms with van der Waals surface area (Å²) < 4.78 is 8.99. The third kappa shape index (κ3) is 6.44. The molecule has 0 fully saturated rings. The number of aromatic nitrogens is 1. The Balaban J connectivity index is 1.04. The second kappa shape index (κ2) is 15.2. The summed E-state index contributed by atoms with van der Waals surface area (Å²) in [5, 5.41) is 8.06. The molecule has 6 nitrogen and oxygen atoms in total. The van der Waals surface area contributed by atoms with Gasteiger partial charge in [0.2, 0.25) is 0 Å². The summed E-state index contributed by atoms with van der Waals surface area (Å²) in [4.78, 5) is 12.7. The van der Waals surface area contributed by atoms with Crippen molar-refractivity contribution in [3.8, 4) is 16.8 Å². The van der Waals surface area contributed by atoms with Crippen molar-refractivity contribution in [2.45, 2.75) is 6.17 Å². The zero-order valence-electron chi connectivity index (χ0n) is 34.1. The lowest BCUT2D eigenvalue weighted by Crippen LogP contribution is -2.33. The molecule has 0 saturated heterocycles. The lowest BCUT2D eigenvalue weighted by atomic mass is 10.0. The van der Waals surface area contributed by atoms with E-state index in [-0.39, 0.29) is 6.17 Å². The maximum atomic E-state index is 6.63. The van der Waals surface area contributed by atoms with Gasteiger partial charge in [0, 0.05) is 55.4 Å². The summed E-state index contributed by atoms with van der Waals surface area (Å²) in [7, 11) is 0. The van der Waals surface area contributed by atoms with E-state index in [2.05, 4.69) is 191 Å². The molecule has 12 rings (SSSR count). The average molecular weight is 810 g/mol. The first-order valence-corrected chi connectivity index (χ1v) is 21.3. The predicted octanol–water partition coefficient (Wildman–Crippen LogP) is 14.3. The Morgan fingerprint density at radius 3 is 1.83 bits per heavy atom. The van der Waals surface area contributed by atoms with Crippen molar-refractivity contribution in [1.29, 1.82) is 0 Å². The van der Waals surface area contributed by atoms with E-state index >= 15 is 0 Å². The fourth-order valence-electron chi connectivity index (χ4n) is 9.10. The number of anilines is 3. The first-order valence-electron chi connectivity index (χ1n) is 21.3. The zero-order chi connectivity index (χ0) is 41.7. The van der Waals surface area contributed by atoms with Gasteiger partial charge in [-0.05, 0) is 89.5 Å². The molecular weight excluding hydrogens is 771 g/mol. The van der Waals surface area contributed by atoms with Crippen molar-refractivity contribution in [3.63, 3.8) is 0 Å². The van der Waals surface area contributed by atoms with Crippen LogP contribution in [0.4, 0.5) is 17.1 Å². The van der Waals surface area contributed by atoms with Gasteiger partial charge in [-0.25, -0.2) is 9.98 Å². The molecule has 0 bridgehead atoms. The molecule has 3 heterocycles. The predicted molar refractivity (Wildman–Crippen MR) is 260 cm³/mol. The van der Waals surface area contributed by atoms with Gasteiger partial charge >= 0.3 is 0 Å². The van der Waals surface area contributed by atoms with E-state index in [1.807, 2.05) is 48.5 Å². The van der Waals surface area contributed by atoms with Crippen LogP contribution in [0.3, 0.4) is 0 Å². The van der Waals surface area contributed by atoms with Crippen molar-refractivity contribution < 1.29 is 4.42 Å². The Bertz CT molecular complexity index is 3520. The van der Waals surface area contributed by atoms with E-state index in [1.54, 1.807) is 0 Å². The maximum absolute atomic E-state index is 6.63. The van der Waals surface area contributed by atoms with Crippen molar-refractivity contribution in [2.75, 3.05) is 4.90 Å². The van der Waals surface area contributed by atoms with Crippen molar-refractivity contribution in [1.82, 2.24) is 9.88 Å². The second-order valence-corrected chi connectivity index (χ2v) is 15.8. The molecule has 1 unspecified atom stereocenters. The molecule has 0 amide bonds. The fraction of sp³-hybridized carbons (Fsp3) is 0.0175. The highest BCUT2D eigenvalue weighted by atomic mass is 16.3. The molecule has 1 atom stereocenters. The quantitative estimate of drug-likeness (QED) is 0.166. The van der Waals surface area contributed by atoms with E-state index in [0.29, 0.717) is 5.84 Å². The number of nitrogens with zero attached hydrogens (tertiary/aromatic N) is 4. The summed E-state index contributed by atoms with van der Waals surface area (Å²) in [6, 6.07) is 78.8. The molecule has 0 radical (unpaired) electrons. The Morgan fingerprint density at radius 1 is 0.460 bits per heavy atom. The minimum absolute atomic E-state index is 0.324. The normalized spacial score (nSPS) is 13.9. The first kappa shape index (κ1) is 36.4. The van der Waals surface area contributed by atoms with Crippen LogP contribution < -0.4 is 10.2 Å².